The second-order valence-corrected chi connectivity index (χ2v) is 7.75. The van der Waals surface area contributed by atoms with E-state index in [2.05, 4.69) is 0 Å². The summed E-state index contributed by atoms with van der Waals surface area (Å²) in [7, 11) is -1.20. The summed E-state index contributed by atoms with van der Waals surface area (Å²) in [4.78, 5) is 1.85. The van der Waals surface area contributed by atoms with Crippen LogP contribution in [0.25, 0.3) is 0 Å². The van der Waals surface area contributed by atoms with E-state index in [4.69, 9.17) is 17.3 Å². The quantitative estimate of drug-likeness (QED) is 0.915. The predicted octanol–water partition coefficient (Wildman–Crippen LogP) is 1.60. The first-order chi connectivity index (χ1) is 9.35. The highest BCUT2D eigenvalue weighted by Crippen LogP contribution is 2.29. The third kappa shape index (κ3) is 3.14. The van der Waals surface area contributed by atoms with Crippen LogP contribution in [0.4, 0.5) is 4.39 Å². The Bertz CT molecular complexity index is 594. The number of nitrogens with two attached hydrogens (primary N) is 1. The maximum atomic E-state index is 14.1. The molecule has 1 aromatic carbocycles. The van der Waals surface area contributed by atoms with Crippen LogP contribution in [0.3, 0.4) is 0 Å². The molecular formula is C13H18ClFN2O2S. The molecule has 0 amide bonds. The van der Waals surface area contributed by atoms with E-state index in [0.717, 1.165) is 0 Å². The van der Waals surface area contributed by atoms with Crippen LogP contribution in [0.15, 0.2) is 18.2 Å². The predicted molar refractivity (Wildman–Crippen MR) is 78.0 cm³/mol. The van der Waals surface area contributed by atoms with Gasteiger partial charge in [-0.25, -0.2) is 12.8 Å². The van der Waals surface area contributed by atoms with Gasteiger partial charge in [0.05, 0.1) is 16.5 Å². The second-order valence-electron chi connectivity index (χ2n) is 5.12. The smallest absolute Gasteiger partial charge is 0.151 e. The summed E-state index contributed by atoms with van der Waals surface area (Å²) in [5, 5.41) is 0.0494. The molecule has 1 heterocycles. The minimum atomic E-state index is -2.98. The van der Waals surface area contributed by atoms with E-state index >= 15 is 0 Å². The van der Waals surface area contributed by atoms with Gasteiger partial charge in [0.1, 0.15) is 5.82 Å². The molecule has 0 spiro atoms. The summed E-state index contributed by atoms with van der Waals surface area (Å²) in [6, 6.07) is 4.27. The van der Waals surface area contributed by atoms with Crippen LogP contribution >= 0.6 is 11.6 Å². The first-order valence-corrected chi connectivity index (χ1v) is 8.62. The highest BCUT2D eigenvalue weighted by molar-refractivity contribution is 7.91. The molecule has 0 aliphatic carbocycles. The molecule has 2 N–H and O–H groups in total. The molecule has 2 rings (SSSR count). The van der Waals surface area contributed by atoms with Gasteiger partial charge >= 0.3 is 0 Å². The Hall–Kier alpha value is -0.690. The number of rotatable bonds is 4. The van der Waals surface area contributed by atoms with Crippen LogP contribution in [-0.4, -0.2) is 44.5 Å². The lowest BCUT2D eigenvalue weighted by Gasteiger charge is -2.32. The van der Waals surface area contributed by atoms with Gasteiger partial charge < -0.3 is 5.73 Å². The van der Waals surface area contributed by atoms with Gasteiger partial charge in [0.2, 0.25) is 0 Å². The van der Waals surface area contributed by atoms with E-state index in [1.54, 1.807) is 19.2 Å². The van der Waals surface area contributed by atoms with Crippen molar-refractivity contribution in [2.45, 2.75) is 18.5 Å². The minimum absolute atomic E-state index is 0.0494. The molecule has 0 aromatic heterocycles. The van der Waals surface area contributed by atoms with Crippen LogP contribution < -0.4 is 5.73 Å². The average molecular weight is 321 g/mol. The molecule has 1 saturated heterocycles. The molecule has 0 bridgehead atoms. The van der Waals surface area contributed by atoms with Gasteiger partial charge in [-0.05, 0) is 19.5 Å². The standard InChI is InChI=1S/C13H18ClFN2O2S/c1-17(9-5-6-20(18,19)8-9)12(7-16)10-3-2-4-11(14)13(10)15/h2-4,9,12H,5-8,16H2,1H3. The zero-order valence-electron chi connectivity index (χ0n) is 11.2. The van der Waals surface area contributed by atoms with Crippen molar-refractivity contribution in [1.82, 2.24) is 4.90 Å². The Balaban J connectivity index is 2.26. The Morgan fingerprint density at radius 1 is 1.55 bits per heavy atom. The fourth-order valence-corrected chi connectivity index (χ4v) is 4.61. The average Bonchev–Trinajstić information content (AvgIpc) is 2.75. The van der Waals surface area contributed by atoms with Crippen molar-refractivity contribution in [2.75, 3.05) is 25.1 Å². The number of likely N-dealkylation sites (N-methyl/N-ethyl adjacent to an activating group) is 1. The highest BCUT2D eigenvalue weighted by atomic mass is 35.5. The van der Waals surface area contributed by atoms with Crippen molar-refractivity contribution in [3.8, 4) is 0 Å². The minimum Gasteiger partial charge on any atom is -0.329 e. The van der Waals surface area contributed by atoms with Gasteiger partial charge in [0.15, 0.2) is 9.84 Å². The zero-order chi connectivity index (χ0) is 14.9. The summed E-state index contributed by atoms with van der Waals surface area (Å²) >= 11 is 5.79. The summed E-state index contributed by atoms with van der Waals surface area (Å²) in [5.74, 6) is -0.211. The van der Waals surface area contributed by atoms with E-state index in [1.165, 1.54) is 6.07 Å². The summed E-state index contributed by atoms with van der Waals surface area (Å²) < 4.78 is 37.2. The molecular weight excluding hydrogens is 303 g/mol. The molecule has 2 atom stereocenters. The van der Waals surface area contributed by atoms with Crippen LogP contribution in [0.1, 0.15) is 18.0 Å². The summed E-state index contributed by atoms with van der Waals surface area (Å²) in [6.45, 7) is 0.199. The lowest BCUT2D eigenvalue weighted by Crippen LogP contribution is -2.39. The Labute approximate surface area is 123 Å². The molecule has 0 saturated carbocycles. The second kappa shape index (κ2) is 5.97. The van der Waals surface area contributed by atoms with Crippen molar-refractivity contribution in [2.24, 2.45) is 5.73 Å². The van der Waals surface area contributed by atoms with E-state index < -0.39 is 15.7 Å². The van der Waals surface area contributed by atoms with Gasteiger partial charge in [0, 0.05) is 24.2 Å². The fraction of sp³-hybridized carbons (Fsp3) is 0.538. The van der Waals surface area contributed by atoms with E-state index in [1.807, 2.05) is 4.90 Å². The Morgan fingerprint density at radius 3 is 2.80 bits per heavy atom. The summed E-state index contributed by atoms with van der Waals surface area (Å²) in [6.07, 6.45) is 0.553. The highest BCUT2D eigenvalue weighted by Gasteiger charge is 2.34. The van der Waals surface area contributed by atoms with Crippen LogP contribution in [0, 0.1) is 5.82 Å². The normalized spacial score (nSPS) is 23.1. The maximum Gasteiger partial charge on any atom is 0.151 e. The van der Waals surface area contributed by atoms with Gasteiger partial charge in [-0.3, -0.25) is 4.90 Å². The largest absolute Gasteiger partial charge is 0.329 e. The fourth-order valence-electron chi connectivity index (χ4n) is 2.64. The first kappa shape index (κ1) is 15.7. The molecule has 1 aliphatic rings. The maximum absolute atomic E-state index is 14.1. The number of halogens is 2. The van der Waals surface area contributed by atoms with Gasteiger partial charge in [-0.15, -0.1) is 0 Å². The third-order valence-electron chi connectivity index (χ3n) is 3.84. The molecule has 0 radical (unpaired) electrons. The summed E-state index contributed by atoms with van der Waals surface area (Å²) in [5.41, 5.74) is 6.17. The zero-order valence-corrected chi connectivity index (χ0v) is 12.8. The molecule has 112 valence electrons. The number of nitrogens with zero attached hydrogens (tertiary/aromatic N) is 1. The lowest BCUT2D eigenvalue weighted by molar-refractivity contribution is 0.189. The van der Waals surface area contributed by atoms with E-state index in [0.29, 0.717) is 12.0 Å². The molecule has 7 heteroatoms. The SMILES string of the molecule is CN(C1CCS(=O)(=O)C1)C(CN)c1cccc(Cl)c1F. The van der Waals surface area contributed by atoms with E-state index in [-0.39, 0.29) is 35.2 Å². The molecule has 4 nitrogen and oxygen atoms in total. The van der Waals surface area contributed by atoms with Crippen molar-refractivity contribution in [3.05, 3.63) is 34.6 Å². The lowest BCUT2D eigenvalue weighted by atomic mass is 10.0. The Morgan fingerprint density at radius 2 is 2.25 bits per heavy atom. The van der Waals surface area contributed by atoms with Gasteiger partial charge in [-0.1, -0.05) is 23.7 Å². The van der Waals surface area contributed by atoms with E-state index in [9.17, 15) is 12.8 Å². The van der Waals surface area contributed by atoms with Crippen LogP contribution in [-0.2, 0) is 9.84 Å². The topological polar surface area (TPSA) is 63.4 Å². The van der Waals surface area contributed by atoms with Crippen molar-refractivity contribution >= 4 is 21.4 Å². The number of hydrogen-bond acceptors (Lipinski definition) is 4. The number of hydrogen-bond donors (Lipinski definition) is 1. The molecule has 2 unspecified atom stereocenters. The first-order valence-electron chi connectivity index (χ1n) is 6.42. The molecule has 20 heavy (non-hydrogen) atoms. The van der Waals surface area contributed by atoms with Crippen LogP contribution in [0.5, 0.6) is 0 Å². The van der Waals surface area contributed by atoms with Crippen molar-refractivity contribution < 1.29 is 12.8 Å². The van der Waals surface area contributed by atoms with Crippen molar-refractivity contribution in [3.63, 3.8) is 0 Å². The molecule has 1 aromatic rings. The van der Waals surface area contributed by atoms with Crippen molar-refractivity contribution in [1.29, 1.82) is 0 Å². The number of benzene rings is 1. The van der Waals surface area contributed by atoms with Gasteiger partial charge in [-0.2, -0.15) is 0 Å². The third-order valence-corrected chi connectivity index (χ3v) is 5.88. The number of sulfone groups is 1. The monoisotopic (exact) mass is 320 g/mol. The molecule has 1 fully saturated rings. The molecule has 1 aliphatic heterocycles. The Kier molecular flexibility index (Phi) is 4.69. The van der Waals surface area contributed by atoms with Gasteiger partial charge in [0.25, 0.3) is 0 Å². The van der Waals surface area contributed by atoms with Crippen LogP contribution in [0.2, 0.25) is 5.02 Å².